The van der Waals surface area contributed by atoms with Gasteiger partial charge in [-0.2, -0.15) is 0 Å². The SMILES string of the molecule is O=C(O)CCc1nnc2n1CCCN2. The number of anilines is 1. The van der Waals surface area contributed by atoms with E-state index in [0.29, 0.717) is 6.42 Å². The number of aryl methyl sites for hydroxylation is 1. The highest BCUT2D eigenvalue weighted by atomic mass is 16.4. The summed E-state index contributed by atoms with van der Waals surface area (Å²) in [7, 11) is 0. The van der Waals surface area contributed by atoms with Gasteiger partial charge in [-0.3, -0.25) is 9.36 Å². The molecule has 0 radical (unpaired) electrons. The lowest BCUT2D eigenvalue weighted by molar-refractivity contribution is -0.137. The maximum atomic E-state index is 10.4. The van der Waals surface area contributed by atoms with Gasteiger partial charge in [0.05, 0.1) is 6.42 Å². The van der Waals surface area contributed by atoms with Crippen LogP contribution in [-0.4, -0.2) is 32.4 Å². The average Bonchev–Trinajstić information content (AvgIpc) is 2.58. The van der Waals surface area contributed by atoms with Crippen molar-refractivity contribution in [2.75, 3.05) is 11.9 Å². The van der Waals surface area contributed by atoms with Crippen LogP contribution in [0, 0.1) is 0 Å². The largest absolute Gasteiger partial charge is 0.481 e. The van der Waals surface area contributed by atoms with Gasteiger partial charge in [0.2, 0.25) is 5.95 Å². The maximum absolute atomic E-state index is 10.4. The number of aromatic nitrogens is 3. The van der Waals surface area contributed by atoms with E-state index < -0.39 is 5.97 Å². The zero-order valence-electron chi connectivity index (χ0n) is 7.73. The van der Waals surface area contributed by atoms with Gasteiger partial charge in [0, 0.05) is 19.5 Å². The zero-order chi connectivity index (χ0) is 9.97. The van der Waals surface area contributed by atoms with Crippen molar-refractivity contribution in [1.29, 1.82) is 0 Å². The third-order valence-electron chi connectivity index (χ3n) is 2.23. The maximum Gasteiger partial charge on any atom is 0.303 e. The summed E-state index contributed by atoms with van der Waals surface area (Å²) in [5.41, 5.74) is 0. The van der Waals surface area contributed by atoms with Gasteiger partial charge in [0.15, 0.2) is 0 Å². The zero-order valence-corrected chi connectivity index (χ0v) is 7.73. The molecule has 0 aromatic carbocycles. The van der Waals surface area contributed by atoms with Crippen LogP contribution in [0.5, 0.6) is 0 Å². The fraction of sp³-hybridized carbons (Fsp3) is 0.625. The molecule has 1 aliphatic heterocycles. The van der Waals surface area contributed by atoms with Gasteiger partial charge in [-0.25, -0.2) is 0 Å². The summed E-state index contributed by atoms with van der Waals surface area (Å²) in [6, 6.07) is 0. The molecule has 0 saturated carbocycles. The minimum absolute atomic E-state index is 0.109. The summed E-state index contributed by atoms with van der Waals surface area (Å²) in [6.45, 7) is 1.79. The van der Waals surface area contributed by atoms with Gasteiger partial charge in [-0.1, -0.05) is 0 Å². The van der Waals surface area contributed by atoms with Crippen LogP contribution < -0.4 is 5.32 Å². The van der Waals surface area contributed by atoms with Crippen molar-refractivity contribution < 1.29 is 9.90 Å². The number of carbonyl (C=O) groups is 1. The lowest BCUT2D eigenvalue weighted by Crippen LogP contribution is -2.19. The van der Waals surface area contributed by atoms with Crippen molar-refractivity contribution in [3.63, 3.8) is 0 Å². The number of fused-ring (bicyclic) bond motifs is 1. The molecule has 1 aromatic rings. The second-order valence-corrected chi connectivity index (χ2v) is 3.27. The van der Waals surface area contributed by atoms with Crippen molar-refractivity contribution in [1.82, 2.24) is 14.8 Å². The number of carboxylic acid groups (broad SMARTS) is 1. The Kier molecular flexibility index (Phi) is 2.34. The predicted octanol–water partition coefficient (Wildman–Crippen LogP) is 0.111. The third kappa shape index (κ3) is 1.68. The molecule has 0 fully saturated rings. The second-order valence-electron chi connectivity index (χ2n) is 3.27. The second kappa shape index (κ2) is 3.65. The van der Waals surface area contributed by atoms with Crippen molar-refractivity contribution in [3.05, 3.63) is 5.82 Å². The molecule has 0 bridgehead atoms. The minimum atomic E-state index is -0.800. The van der Waals surface area contributed by atoms with E-state index in [1.807, 2.05) is 4.57 Å². The molecule has 0 saturated heterocycles. The summed E-state index contributed by atoms with van der Waals surface area (Å²) in [4.78, 5) is 10.4. The lowest BCUT2D eigenvalue weighted by Gasteiger charge is -2.15. The van der Waals surface area contributed by atoms with E-state index in [1.54, 1.807) is 0 Å². The molecule has 0 unspecified atom stereocenters. The number of nitrogens with one attached hydrogen (secondary N) is 1. The summed E-state index contributed by atoms with van der Waals surface area (Å²) in [5, 5.41) is 19.6. The molecule has 76 valence electrons. The number of nitrogens with zero attached hydrogens (tertiary/aromatic N) is 3. The lowest BCUT2D eigenvalue weighted by atomic mass is 10.3. The van der Waals surface area contributed by atoms with Crippen LogP contribution in [0.4, 0.5) is 5.95 Å². The molecule has 0 atom stereocenters. The molecule has 14 heavy (non-hydrogen) atoms. The molecule has 2 heterocycles. The van der Waals surface area contributed by atoms with E-state index in [4.69, 9.17) is 5.11 Å². The third-order valence-corrected chi connectivity index (χ3v) is 2.23. The molecule has 2 N–H and O–H groups in total. The smallest absolute Gasteiger partial charge is 0.303 e. The Morgan fingerprint density at radius 3 is 3.21 bits per heavy atom. The van der Waals surface area contributed by atoms with Gasteiger partial charge in [-0.05, 0) is 6.42 Å². The van der Waals surface area contributed by atoms with Crippen LogP contribution in [-0.2, 0) is 17.8 Å². The summed E-state index contributed by atoms with van der Waals surface area (Å²) >= 11 is 0. The monoisotopic (exact) mass is 196 g/mol. The topological polar surface area (TPSA) is 80.0 Å². The Bertz CT molecular complexity index is 347. The van der Waals surface area contributed by atoms with E-state index in [1.165, 1.54) is 0 Å². The summed E-state index contributed by atoms with van der Waals surface area (Å²) < 4.78 is 1.95. The van der Waals surface area contributed by atoms with Crippen molar-refractivity contribution in [2.24, 2.45) is 0 Å². The quantitative estimate of drug-likeness (QED) is 0.717. The molecule has 1 aromatic heterocycles. The van der Waals surface area contributed by atoms with Gasteiger partial charge < -0.3 is 10.4 Å². The van der Waals surface area contributed by atoms with Gasteiger partial charge in [0.25, 0.3) is 0 Å². The first-order valence-corrected chi connectivity index (χ1v) is 4.65. The Balaban J connectivity index is 2.10. The van der Waals surface area contributed by atoms with Crippen LogP contribution in [0.3, 0.4) is 0 Å². The predicted molar refractivity (Wildman–Crippen MR) is 49.1 cm³/mol. The van der Waals surface area contributed by atoms with Crippen LogP contribution in [0.25, 0.3) is 0 Å². The van der Waals surface area contributed by atoms with Crippen LogP contribution in [0.1, 0.15) is 18.7 Å². The highest BCUT2D eigenvalue weighted by Gasteiger charge is 2.15. The number of aliphatic carboxylic acids is 1. The Morgan fingerprint density at radius 1 is 1.57 bits per heavy atom. The normalized spacial score (nSPS) is 14.6. The van der Waals surface area contributed by atoms with Crippen molar-refractivity contribution in [3.8, 4) is 0 Å². The van der Waals surface area contributed by atoms with E-state index in [9.17, 15) is 4.79 Å². The first kappa shape index (κ1) is 8.98. The van der Waals surface area contributed by atoms with Gasteiger partial charge in [0.1, 0.15) is 5.82 Å². The number of hydrogen-bond acceptors (Lipinski definition) is 4. The Labute approximate surface area is 80.9 Å². The summed E-state index contributed by atoms with van der Waals surface area (Å²) in [6.07, 6.45) is 1.59. The molecule has 6 nitrogen and oxygen atoms in total. The number of rotatable bonds is 3. The Morgan fingerprint density at radius 2 is 2.43 bits per heavy atom. The molecular formula is C8H12N4O2. The molecule has 2 rings (SSSR count). The molecule has 0 aliphatic carbocycles. The van der Waals surface area contributed by atoms with E-state index in [-0.39, 0.29) is 6.42 Å². The first-order valence-electron chi connectivity index (χ1n) is 4.65. The Hall–Kier alpha value is -1.59. The fourth-order valence-electron chi connectivity index (χ4n) is 1.54. The molecular weight excluding hydrogens is 184 g/mol. The average molecular weight is 196 g/mol. The first-order chi connectivity index (χ1) is 6.77. The highest BCUT2D eigenvalue weighted by Crippen LogP contribution is 2.14. The van der Waals surface area contributed by atoms with Crippen LogP contribution >= 0.6 is 0 Å². The van der Waals surface area contributed by atoms with E-state index in [2.05, 4.69) is 15.5 Å². The number of hydrogen-bond donors (Lipinski definition) is 2. The molecule has 0 amide bonds. The van der Waals surface area contributed by atoms with Crippen molar-refractivity contribution >= 4 is 11.9 Å². The summed E-state index contributed by atoms with van der Waals surface area (Å²) in [5.74, 6) is 0.720. The molecule has 1 aliphatic rings. The van der Waals surface area contributed by atoms with Crippen LogP contribution in [0.2, 0.25) is 0 Å². The number of carboxylic acids is 1. The van der Waals surface area contributed by atoms with Gasteiger partial charge >= 0.3 is 5.97 Å². The fourth-order valence-corrected chi connectivity index (χ4v) is 1.54. The minimum Gasteiger partial charge on any atom is -0.481 e. The van der Waals surface area contributed by atoms with Crippen LogP contribution in [0.15, 0.2) is 0 Å². The van der Waals surface area contributed by atoms with Crippen molar-refractivity contribution in [2.45, 2.75) is 25.8 Å². The molecule has 0 spiro atoms. The van der Waals surface area contributed by atoms with E-state index >= 15 is 0 Å². The standard InChI is InChI=1S/C8H12N4O2/c13-7(14)3-2-6-10-11-8-9-4-1-5-12(6)8/h1-5H2,(H,9,11)(H,13,14). The highest BCUT2D eigenvalue weighted by molar-refractivity contribution is 5.66. The van der Waals surface area contributed by atoms with Gasteiger partial charge in [-0.15, -0.1) is 10.2 Å². The van der Waals surface area contributed by atoms with E-state index in [0.717, 1.165) is 31.3 Å². The molecule has 6 heteroatoms.